The molecule has 0 aliphatic carbocycles. The Morgan fingerprint density at radius 3 is 2.53 bits per heavy atom. The van der Waals surface area contributed by atoms with Crippen molar-refractivity contribution < 1.29 is 39.1 Å². The summed E-state index contributed by atoms with van der Waals surface area (Å²) in [6, 6.07) is 7.91. The van der Waals surface area contributed by atoms with Crippen LogP contribution in [0.5, 0.6) is 0 Å². The third-order valence-corrected chi connectivity index (χ3v) is 10.0. The van der Waals surface area contributed by atoms with Crippen molar-refractivity contribution in [3.63, 3.8) is 0 Å². The van der Waals surface area contributed by atoms with Crippen LogP contribution in [0.1, 0.15) is 91.7 Å². The van der Waals surface area contributed by atoms with Gasteiger partial charge in [-0.1, -0.05) is 87.9 Å². The third kappa shape index (κ3) is 12.1. The number of ether oxygens (including phenoxy) is 4. The van der Waals surface area contributed by atoms with E-state index < -0.39 is 41.5 Å². The Bertz CT molecular complexity index is 1250. The van der Waals surface area contributed by atoms with Crippen molar-refractivity contribution in [3.8, 4) is 0 Å². The fourth-order valence-corrected chi connectivity index (χ4v) is 6.74. The lowest BCUT2D eigenvalue weighted by Crippen LogP contribution is -2.52. The number of hydrogen-bond donors (Lipinski definition) is 4. The molecule has 11 unspecified atom stereocenters. The van der Waals surface area contributed by atoms with Crippen LogP contribution in [0.25, 0.3) is 0 Å². The summed E-state index contributed by atoms with van der Waals surface area (Å²) in [7, 11) is 1.73. The van der Waals surface area contributed by atoms with Crippen molar-refractivity contribution in [2.75, 3.05) is 13.7 Å². The molecule has 1 aromatic carbocycles. The zero-order chi connectivity index (χ0) is 36.4. The predicted octanol–water partition coefficient (Wildman–Crippen LogP) is 5.73. The van der Waals surface area contributed by atoms with Crippen LogP contribution in [0.2, 0.25) is 0 Å². The van der Waals surface area contributed by atoms with Crippen molar-refractivity contribution in [3.05, 3.63) is 71.3 Å². The molecule has 0 bridgehead atoms. The van der Waals surface area contributed by atoms with Gasteiger partial charge >= 0.3 is 5.97 Å². The number of aliphatic hydroxyl groups excluding tert-OH is 1. The van der Waals surface area contributed by atoms with E-state index in [4.69, 9.17) is 18.9 Å². The lowest BCUT2D eigenvalue weighted by atomic mass is 9.87. The van der Waals surface area contributed by atoms with E-state index in [1.54, 1.807) is 33.1 Å². The standard InChI is InChI=1S/C40H63NO8/c1-10-23-47-33-19-16-28(5)35(48-34(43)24-31(42)20-22-39(33,7)44)27(4)13-12-21-40(8,45)38(41-25-30-17-14-26(3)15-18-30)37-36(49-37)29(6)32(11-2)46-9/h12-19,21,28-29,31-33,35-38,41-42,44-45H,10-11,20,22-25H2,1-9H3. The molecule has 0 amide bonds. The van der Waals surface area contributed by atoms with Gasteiger partial charge in [0.15, 0.2) is 0 Å². The molecular formula is C40H63NO8. The van der Waals surface area contributed by atoms with E-state index in [2.05, 4.69) is 50.4 Å². The Kier molecular flexibility index (Phi) is 15.7. The molecule has 3 rings (SSSR count). The second-order valence-electron chi connectivity index (χ2n) is 14.6. The Morgan fingerprint density at radius 2 is 1.90 bits per heavy atom. The van der Waals surface area contributed by atoms with Gasteiger partial charge in [-0.3, -0.25) is 4.79 Å². The summed E-state index contributed by atoms with van der Waals surface area (Å²) in [6.45, 7) is 16.7. The lowest BCUT2D eigenvalue weighted by Gasteiger charge is -2.33. The van der Waals surface area contributed by atoms with E-state index >= 15 is 0 Å². The van der Waals surface area contributed by atoms with Crippen molar-refractivity contribution in [2.24, 2.45) is 11.8 Å². The predicted molar refractivity (Wildman–Crippen MR) is 193 cm³/mol. The highest BCUT2D eigenvalue weighted by Gasteiger charge is 2.54. The first-order chi connectivity index (χ1) is 23.1. The molecule has 1 fully saturated rings. The first kappa shape index (κ1) is 41.1. The van der Waals surface area contributed by atoms with Gasteiger partial charge in [-0.15, -0.1) is 0 Å². The van der Waals surface area contributed by atoms with Gasteiger partial charge in [-0.25, -0.2) is 0 Å². The largest absolute Gasteiger partial charge is 0.457 e. The van der Waals surface area contributed by atoms with Gasteiger partial charge in [-0.2, -0.15) is 0 Å². The number of nitrogens with one attached hydrogen (secondary N) is 1. The third-order valence-electron chi connectivity index (χ3n) is 10.0. The van der Waals surface area contributed by atoms with E-state index in [1.165, 1.54) is 5.56 Å². The molecule has 276 valence electrons. The van der Waals surface area contributed by atoms with Crippen molar-refractivity contribution >= 4 is 5.97 Å². The minimum absolute atomic E-state index is 0.0536. The summed E-state index contributed by atoms with van der Waals surface area (Å²) in [6.07, 6.45) is 8.84. The number of cyclic esters (lactones) is 1. The highest BCUT2D eigenvalue weighted by molar-refractivity contribution is 5.70. The van der Waals surface area contributed by atoms with Gasteiger partial charge < -0.3 is 39.6 Å². The van der Waals surface area contributed by atoms with Crippen LogP contribution in [0, 0.1) is 18.8 Å². The monoisotopic (exact) mass is 685 g/mol. The van der Waals surface area contributed by atoms with Gasteiger partial charge in [0.05, 0.1) is 42.0 Å². The Morgan fingerprint density at radius 1 is 1.20 bits per heavy atom. The van der Waals surface area contributed by atoms with E-state index in [1.807, 2.05) is 39.0 Å². The van der Waals surface area contributed by atoms with Gasteiger partial charge in [0.2, 0.25) is 0 Å². The number of methoxy groups -OCH3 is 1. The summed E-state index contributed by atoms with van der Waals surface area (Å²) < 4.78 is 23.9. The number of aryl methyl sites for hydroxylation is 1. The quantitative estimate of drug-likeness (QED) is 0.0792. The highest BCUT2D eigenvalue weighted by atomic mass is 16.6. The second kappa shape index (κ2) is 18.7. The van der Waals surface area contributed by atoms with Crippen LogP contribution >= 0.6 is 0 Å². The zero-order valence-electron chi connectivity index (χ0n) is 31.2. The van der Waals surface area contributed by atoms with Gasteiger partial charge in [0.25, 0.3) is 0 Å². The smallest absolute Gasteiger partial charge is 0.309 e. The first-order valence-electron chi connectivity index (χ1n) is 18.1. The molecule has 0 saturated carbocycles. The van der Waals surface area contributed by atoms with Crippen LogP contribution in [0.15, 0.2) is 60.2 Å². The maximum Gasteiger partial charge on any atom is 0.309 e. The average Bonchev–Trinajstić information content (AvgIpc) is 3.83. The SMILES string of the molecule is CCCOC1C=CC(C)C(C(C)=CC=CC(C)(O)C(NCc2ccc(C)cc2)C2OC2C(C)C(CC)OC)OC(=O)CC(O)CCC1(C)O. The van der Waals surface area contributed by atoms with Crippen LogP contribution in [-0.2, 0) is 30.3 Å². The van der Waals surface area contributed by atoms with Crippen molar-refractivity contribution in [1.29, 1.82) is 0 Å². The Labute approximate surface area is 294 Å². The summed E-state index contributed by atoms with van der Waals surface area (Å²) in [5, 5.41) is 37.3. The molecule has 11 atom stereocenters. The highest BCUT2D eigenvalue weighted by Crippen LogP contribution is 2.39. The molecule has 49 heavy (non-hydrogen) atoms. The average molecular weight is 686 g/mol. The van der Waals surface area contributed by atoms with Crippen molar-refractivity contribution in [1.82, 2.24) is 5.32 Å². The minimum atomic E-state index is -1.29. The number of benzene rings is 1. The number of carbonyl (C=O) groups is 1. The van der Waals surface area contributed by atoms with E-state index in [-0.39, 0.29) is 49.4 Å². The van der Waals surface area contributed by atoms with Crippen LogP contribution < -0.4 is 5.32 Å². The summed E-state index contributed by atoms with van der Waals surface area (Å²) >= 11 is 0. The summed E-state index contributed by atoms with van der Waals surface area (Å²) in [5.74, 6) is -0.606. The molecular weight excluding hydrogens is 622 g/mol. The van der Waals surface area contributed by atoms with Crippen LogP contribution in [0.4, 0.5) is 0 Å². The fraction of sp³-hybridized carbons (Fsp3) is 0.675. The number of allylic oxidation sites excluding steroid dienone is 2. The summed E-state index contributed by atoms with van der Waals surface area (Å²) in [5.41, 5.74) is 0.568. The van der Waals surface area contributed by atoms with Crippen LogP contribution in [-0.4, -0.2) is 88.9 Å². The topological polar surface area (TPSA) is 130 Å². The first-order valence-corrected chi connectivity index (χ1v) is 18.1. The molecule has 4 N–H and O–H groups in total. The Balaban J connectivity index is 1.85. The molecule has 9 nitrogen and oxygen atoms in total. The molecule has 0 radical (unpaired) electrons. The van der Waals surface area contributed by atoms with Gasteiger partial charge in [-0.05, 0) is 64.5 Å². The van der Waals surface area contributed by atoms with E-state index in [0.29, 0.717) is 13.2 Å². The van der Waals surface area contributed by atoms with Gasteiger partial charge in [0, 0.05) is 32.1 Å². The molecule has 2 aliphatic heterocycles. The molecule has 2 aliphatic rings. The number of epoxide rings is 1. The van der Waals surface area contributed by atoms with Gasteiger partial charge in [0.1, 0.15) is 18.3 Å². The zero-order valence-corrected chi connectivity index (χ0v) is 31.2. The number of aliphatic hydroxyl groups is 3. The molecule has 2 heterocycles. The van der Waals surface area contributed by atoms with Crippen molar-refractivity contribution in [2.45, 2.75) is 148 Å². The molecule has 1 saturated heterocycles. The molecule has 0 spiro atoms. The normalized spacial score (nSPS) is 31.7. The Hall–Kier alpha value is -2.37. The maximum atomic E-state index is 12.9. The molecule has 9 heteroatoms. The second-order valence-corrected chi connectivity index (χ2v) is 14.6. The molecule has 0 aromatic heterocycles. The number of esters is 1. The van der Waals surface area contributed by atoms with E-state index in [9.17, 15) is 20.1 Å². The lowest BCUT2D eigenvalue weighted by molar-refractivity contribution is -0.151. The molecule has 1 aromatic rings. The van der Waals surface area contributed by atoms with Crippen LogP contribution in [0.3, 0.4) is 0 Å². The maximum absolute atomic E-state index is 12.9. The number of hydrogen-bond acceptors (Lipinski definition) is 9. The number of rotatable bonds is 15. The fourth-order valence-electron chi connectivity index (χ4n) is 6.74. The number of carbonyl (C=O) groups excluding carboxylic acids is 1. The van der Waals surface area contributed by atoms with E-state index in [0.717, 1.165) is 24.0 Å². The minimum Gasteiger partial charge on any atom is -0.457 e. The summed E-state index contributed by atoms with van der Waals surface area (Å²) in [4.78, 5) is 12.9.